The molecule has 0 aliphatic heterocycles. The third kappa shape index (κ3) is 3.63. The van der Waals surface area contributed by atoms with Gasteiger partial charge in [0.25, 0.3) is 0 Å². The van der Waals surface area contributed by atoms with Crippen molar-refractivity contribution in [2.24, 2.45) is 17.6 Å². The highest BCUT2D eigenvalue weighted by molar-refractivity contribution is 5.50. The highest BCUT2D eigenvalue weighted by Crippen LogP contribution is 2.32. The maximum absolute atomic E-state index is 13.9. The molecule has 112 valence electrons. The highest BCUT2D eigenvalue weighted by Gasteiger charge is 2.25. The number of nitrogens with two attached hydrogens (primary N) is 1. The summed E-state index contributed by atoms with van der Waals surface area (Å²) in [6.07, 6.45) is 4.82. The molecule has 1 aliphatic carbocycles. The van der Waals surface area contributed by atoms with Crippen molar-refractivity contribution in [3.63, 3.8) is 0 Å². The minimum absolute atomic E-state index is 0.129. The number of nitrogens with one attached hydrogen (secondary N) is 1. The van der Waals surface area contributed by atoms with Gasteiger partial charge in [-0.3, -0.25) is 0 Å². The number of anilines is 1. The zero-order chi connectivity index (χ0) is 14.5. The molecule has 0 aromatic heterocycles. The normalized spacial score (nSPS) is 24.2. The number of benzene rings is 1. The quantitative estimate of drug-likeness (QED) is 0.869. The van der Waals surface area contributed by atoms with Crippen LogP contribution in [-0.2, 0) is 0 Å². The third-order valence-corrected chi connectivity index (χ3v) is 4.40. The number of halogens is 1. The summed E-state index contributed by atoms with van der Waals surface area (Å²) in [5.41, 5.74) is 6.38. The fourth-order valence-corrected chi connectivity index (χ4v) is 3.00. The minimum atomic E-state index is -0.256. The molecule has 1 aromatic carbocycles. The second-order valence-corrected chi connectivity index (χ2v) is 5.85. The molecule has 2 rings (SSSR count). The first-order chi connectivity index (χ1) is 9.63. The zero-order valence-corrected chi connectivity index (χ0v) is 12.4. The molecule has 1 fully saturated rings. The summed E-state index contributed by atoms with van der Waals surface area (Å²) >= 11 is 0. The molecular formula is C16H25FN2O. The first-order valence-corrected chi connectivity index (χ1v) is 7.44. The van der Waals surface area contributed by atoms with Gasteiger partial charge in [0.2, 0.25) is 0 Å². The average Bonchev–Trinajstić information content (AvgIpc) is 2.47. The molecule has 3 nitrogen and oxygen atoms in total. The van der Waals surface area contributed by atoms with Gasteiger partial charge in [-0.1, -0.05) is 19.8 Å². The molecule has 0 spiro atoms. The smallest absolute Gasteiger partial charge is 0.146 e. The Balaban J connectivity index is 2.06. The summed E-state index contributed by atoms with van der Waals surface area (Å²) in [5, 5.41) is 3.28. The molecule has 4 heteroatoms. The van der Waals surface area contributed by atoms with E-state index < -0.39 is 0 Å². The van der Waals surface area contributed by atoms with Crippen LogP contribution in [0.25, 0.3) is 0 Å². The van der Waals surface area contributed by atoms with Gasteiger partial charge in [-0.15, -0.1) is 0 Å². The summed E-state index contributed by atoms with van der Waals surface area (Å²) in [7, 11) is 1.58. The van der Waals surface area contributed by atoms with Gasteiger partial charge in [-0.25, -0.2) is 4.39 Å². The molecule has 20 heavy (non-hydrogen) atoms. The SMILES string of the molecule is COc1ccc(F)c(NC(CN)C2CCC(C)CC2)c1. The van der Waals surface area contributed by atoms with Crippen molar-refractivity contribution in [1.29, 1.82) is 0 Å². The second-order valence-electron chi connectivity index (χ2n) is 5.85. The van der Waals surface area contributed by atoms with Gasteiger partial charge in [0, 0.05) is 18.7 Å². The van der Waals surface area contributed by atoms with Crippen molar-refractivity contribution < 1.29 is 9.13 Å². The first kappa shape index (κ1) is 15.1. The molecule has 0 bridgehead atoms. The summed E-state index contributed by atoms with van der Waals surface area (Å²) in [6, 6.07) is 4.88. The van der Waals surface area contributed by atoms with E-state index in [1.807, 2.05) is 0 Å². The number of hydrogen-bond donors (Lipinski definition) is 2. The largest absolute Gasteiger partial charge is 0.497 e. The van der Waals surface area contributed by atoms with Crippen LogP contribution in [0.2, 0.25) is 0 Å². The molecule has 1 unspecified atom stereocenters. The summed E-state index contributed by atoms with van der Waals surface area (Å²) in [4.78, 5) is 0. The Kier molecular flexibility index (Phi) is 5.24. The fourth-order valence-electron chi connectivity index (χ4n) is 3.00. The molecular weight excluding hydrogens is 255 g/mol. The Bertz CT molecular complexity index is 430. The van der Waals surface area contributed by atoms with E-state index in [2.05, 4.69) is 12.2 Å². The number of hydrogen-bond acceptors (Lipinski definition) is 3. The van der Waals surface area contributed by atoms with Crippen molar-refractivity contribution in [3.8, 4) is 5.75 Å². The van der Waals surface area contributed by atoms with E-state index in [9.17, 15) is 4.39 Å². The van der Waals surface area contributed by atoms with E-state index in [1.165, 1.54) is 31.7 Å². The third-order valence-electron chi connectivity index (χ3n) is 4.40. The van der Waals surface area contributed by atoms with Crippen LogP contribution in [-0.4, -0.2) is 19.7 Å². The van der Waals surface area contributed by atoms with E-state index in [0.29, 0.717) is 23.9 Å². The Labute approximate surface area is 120 Å². The van der Waals surface area contributed by atoms with Gasteiger partial charge in [0.05, 0.1) is 12.8 Å². The van der Waals surface area contributed by atoms with Gasteiger partial charge in [0.15, 0.2) is 0 Å². The van der Waals surface area contributed by atoms with Crippen LogP contribution >= 0.6 is 0 Å². The van der Waals surface area contributed by atoms with Crippen LogP contribution in [0.1, 0.15) is 32.6 Å². The van der Waals surface area contributed by atoms with Crippen molar-refractivity contribution >= 4 is 5.69 Å². The maximum atomic E-state index is 13.9. The lowest BCUT2D eigenvalue weighted by atomic mass is 9.79. The lowest BCUT2D eigenvalue weighted by molar-refractivity contribution is 0.265. The zero-order valence-electron chi connectivity index (χ0n) is 12.4. The van der Waals surface area contributed by atoms with E-state index in [0.717, 1.165) is 5.92 Å². The van der Waals surface area contributed by atoms with Crippen LogP contribution in [0.15, 0.2) is 18.2 Å². The molecule has 0 amide bonds. The van der Waals surface area contributed by atoms with Crippen LogP contribution in [0, 0.1) is 17.7 Å². The molecule has 0 heterocycles. The molecule has 1 atom stereocenters. The summed E-state index contributed by atoms with van der Waals surface area (Å²) in [5.74, 6) is 1.73. The highest BCUT2D eigenvalue weighted by atomic mass is 19.1. The van der Waals surface area contributed by atoms with E-state index >= 15 is 0 Å². The Hall–Kier alpha value is -1.29. The molecule has 0 saturated heterocycles. The lowest BCUT2D eigenvalue weighted by Crippen LogP contribution is -2.38. The number of ether oxygens (including phenoxy) is 1. The van der Waals surface area contributed by atoms with E-state index in [1.54, 1.807) is 19.2 Å². The summed E-state index contributed by atoms with van der Waals surface area (Å²) < 4.78 is 19.0. The van der Waals surface area contributed by atoms with Gasteiger partial charge in [-0.05, 0) is 36.8 Å². The van der Waals surface area contributed by atoms with Crippen molar-refractivity contribution in [1.82, 2.24) is 0 Å². The van der Waals surface area contributed by atoms with Gasteiger partial charge in [-0.2, -0.15) is 0 Å². The van der Waals surface area contributed by atoms with Gasteiger partial charge in [0.1, 0.15) is 11.6 Å². The van der Waals surface area contributed by atoms with Crippen LogP contribution in [0.5, 0.6) is 5.75 Å². The van der Waals surface area contributed by atoms with Gasteiger partial charge >= 0.3 is 0 Å². The van der Waals surface area contributed by atoms with Crippen molar-refractivity contribution in [2.75, 3.05) is 19.0 Å². The minimum Gasteiger partial charge on any atom is -0.497 e. The molecule has 1 saturated carbocycles. The lowest BCUT2D eigenvalue weighted by Gasteiger charge is -2.33. The van der Waals surface area contributed by atoms with Crippen molar-refractivity contribution in [2.45, 2.75) is 38.6 Å². The fraction of sp³-hybridized carbons (Fsp3) is 0.625. The number of methoxy groups -OCH3 is 1. The molecule has 3 N–H and O–H groups in total. The first-order valence-electron chi connectivity index (χ1n) is 7.44. The molecule has 0 radical (unpaired) electrons. The predicted octanol–water partition coefficient (Wildman–Crippen LogP) is 3.40. The van der Waals surface area contributed by atoms with Crippen LogP contribution in [0.4, 0.5) is 10.1 Å². The number of rotatable bonds is 5. The van der Waals surface area contributed by atoms with Crippen LogP contribution < -0.4 is 15.8 Å². The Morgan fingerprint density at radius 1 is 1.35 bits per heavy atom. The monoisotopic (exact) mass is 280 g/mol. The van der Waals surface area contributed by atoms with Crippen LogP contribution in [0.3, 0.4) is 0 Å². The predicted molar refractivity (Wildman–Crippen MR) is 80.5 cm³/mol. The topological polar surface area (TPSA) is 47.3 Å². The molecule has 1 aromatic rings. The maximum Gasteiger partial charge on any atom is 0.146 e. The average molecular weight is 280 g/mol. The van der Waals surface area contributed by atoms with Gasteiger partial charge < -0.3 is 15.8 Å². The Morgan fingerprint density at radius 2 is 2.05 bits per heavy atom. The standard InChI is InChI=1S/C16H25FN2O/c1-11-3-5-12(6-4-11)16(10-18)19-15-9-13(20-2)7-8-14(15)17/h7-9,11-12,16,19H,3-6,10,18H2,1-2H3. The summed E-state index contributed by atoms with van der Waals surface area (Å²) in [6.45, 7) is 2.82. The second kappa shape index (κ2) is 6.93. The Morgan fingerprint density at radius 3 is 2.65 bits per heavy atom. The van der Waals surface area contributed by atoms with E-state index in [4.69, 9.17) is 10.5 Å². The van der Waals surface area contributed by atoms with Crippen molar-refractivity contribution in [3.05, 3.63) is 24.0 Å². The molecule has 1 aliphatic rings. The van der Waals surface area contributed by atoms with E-state index in [-0.39, 0.29) is 11.9 Å².